The van der Waals surface area contributed by atoms with Crippen LogP contribution in [-0.2, 0) is 4.79 Å². The predicted molar refractivity (Wildman–Crippen MR) is 161 cm³/mol. The maximum absolute atomic E-state index is 13.8. The fourth-order valence-electron chi connectivity index (χ4n) is 6.07. The van der Waals surface area contributed by atoms with Crippen molar-refractivity contribution in [1.29, 1.82) is 0 Å². The van der Waals surface area contributed by atoms with Gasteiger partial charge >= 0.3 is 0 Å². The number of unbranched alkanes of at least 4 members (excludes halogenated alkanes) is 5. The molecule has 0 spiro atoms. The van der Waals surface area contributed by atoms with Gasteiger partial charge in [0.15, 0.2) is 5.78 Å². The van der Waals surface area contributed by atoms with E-state index in [0.29, 0.717) is 28.8 Å². The van der Waals surface area contributed by atoms with E-state index in [1.165, 1.54) is 31.1 Å². The van der Waals surface area contributed by atoms with Gasteiger partial charge < -0.3 is 10.1 Å². The Morgan fingerprint density at radius 2 is 1.74 bits per heavy atom. The molecule has 3 aromatic rings. The fourth-order valence-corrected chi connectivity index (χ4v) is 6.64. The van der Waals surface area contributed by atoms with Gasteiger partial charge in [-0.15, -0.1) is 0 Å². The molecule has 3 nitrogen and oxygen atoms in total. The van der Waals surface area contributed by atoms with Crippen molar-refractivity contribution in [2.75, 3.05) is 11.9 Å². The van der Waals surface area contributed by atoms with Crippen molar-refractivity contribution >= 4 is 51.0 Å². The molecule has 0 fully saturated rings. The zero-order valence-corrected chi connectivity index (χ0v) is 24.1. The summed E-state index contributed by atoms with van der Waals surface area (Å²) in [5.74, 6) is 0.793. The number of hydrogen-bond donors (Lipinski definition) is 1. The Bertz CT molecular complexity index is 1390. The molecule has 1 aliphatic heterocycles. The second kappa shape index (κ2) is 11.3. The molecule has 0 unspecified atom stereocenters. The highest BCUT2D eigenvalue weighted by molar-refractivity contribution is 6.35. The molecule has 0 saturated carbocycles. The summed E-state index contributed by atoms with van der Waals surface area (Å²) in [6.45, 7) is 7.18. The monoisotopic (exact) mass is 549 g/mol. The van der Waals surface area contributed by atoms with E-state index >= 15 is 0 Å². The third-order valence-electron chi connectivity index (χ3n) is 7.83. The second-order valence-electron chi connectivity index (χ2n) is 11.5. The van der Waals surface area contributed by atoms with Gasteiger partial charge in [0.1, 0.15) is 5.75 Å². The smallest absolute Gasteiger partial charge is 0.162 e. The molecule has 1 aliphatic carbocycles. The predicted octanol–water partition coefficient (Wildman–Crippen LogP) is 10.2. The Morgan fingerprint density at radius 1 is 0.974 bits per heavy atom. The van der Waals surface area contributed by atoms with Gasteiger partial charge in [-0.2, -0.15) is 0 Å². The number of allylic oxidation sites excluding steroid dienone is 1. The quantitative estimate of drug-likeness (QED) is 0.269. The first-order valence-corrected chi connectivity index (χ1v) is 14.7. The minimum absolute atomic E-state index is 0.116. The van der Waals surface area contributed by atoms with Crippen LogP contribution >= 0.6 is 23.2 Å². The molecule has 2 aliphatic rings. The normalized spacial score (nSPS) is 18.2. The lowest BCUT2D eigenvalue weighted by molar-refractivity contribution is -0.118. The summed E-state index contributed by atoms with van der Waals surface area (Å²) in [6.07, 6.45) is 8.43. The summed E-state index contributed by atoms with van der Waals surface area (Å²) in [5.41, 5.74) is 4.81. The van der Waals surface area contributed by atoms with Gasteiger partial charge in [0.2, 0.25) is 0 Å². The second-order valence-corrected chi connectivity index (χ2v) is 12.4. The van der Waals surface area contributed by atoms with Crippen molar-refractivity contribution in [3.63, 3.8) is 0 Å². The molecule has 5 rings (SSSR count). The fraction of sp³-hybridized carbons (Fsp3) is 0.424. The maximum atomic E-state index is 13.8. The number of anilines is 1. The summed E-state index contributed by atoms with van der Waals surface area (Å²) >= 11 is 13.3. The molecule has 0 aromatic heterocycles. The Labute approximate surface area is 236 Å². The van der Waals surface area contributed by atoms with Gasteiger partial charge in [0, 0.05) is 33.8 Å². The molecular weight excluding hydrogens is 513 g/mol. The van der Waals surface area contributed by atoms with Crippen LogP contribution in [0.2, 0.25) is 10.0 Å². The van der Waals surface area contributed by atoms with E-state index in [1.54, 1.807) is 6.07 Å². The number of benzene rings is 3. The van der Waals surface area contributed by atoms with Crippen LogP contribution in [0, 0.1) is 5.41 Å². The molecule has 3 aromatic carbocycles. The number of ketones is 1. The average molecular weight is 551 g/mol. The Hall–Kier alpha value is -2.49. The summed E-state index contributed by atoms with van der Waals surface area (Å²) in [7, 11) is 0. The number of carbonyl (C=O) groups excluding carboxylic acids is 1. The van der Waals surface area contributed by atoms with Crippen LogP contribution in [0.15, 0.2) is 54.1 Å². The lowest BCUT2D eigenvalue weighted by Gasteiger charge is -2.40. The van der Waals surface area contributed by atoms with Crippen LogP contribution in [0.4, 0.5) is 5.69 Å². The molecule has 0 amide bonds. The molecule has 0 saturated heterocycles. The third-order valence-corrected chi connectivity index (χ3v) is 8.33. The van der Waals surface area contributed by atoms with E-state index in [4.69, 9.17) is 27.9 Å². The van der Waals surface area contributed by atoms with Crippen molar-refractivity contribution < 1.29 is 9.53 Å². The minimum atomic E-state index is -0.377. The van der Waals surface area contributed by atoms with Crippen molar-refractivity contribution in [2.24, 2.45) is 5.41 Å². The highest BCUT2D eigenvalue weighted by atomic mass is 35.5. The SMILES string of the molecule is CCCCCCCCOc1c(Cl)cc(Cl)cc1[C@@H]1Nc2ccc3ccccc3c2C2=C1C(=O)CC(C)(C)C2. The molecule has 1 atom stereocenters. The van der Waals surface area contributed by atoms with Crippen LogP contribution in [-0.4, -0.2) is 12.4 Å². The largest absolute Gasteiger partial charge is 0.492 e. The number of hydrogen-bond acceptors (Lipinski definition) is 3. The molecule has 200 valence electrons. The molecule has 1 N–H and O–H groups in total. The third kappa shape index (κ3) is 5.46. The molecule has 0 radical (unpaired) electrons. The Morgan fingerprint density at radius 3 is 2.55 bits per heavy atom. The van der Waals surface area contributed by atoms with E-state index in [-0.39, 0.29) is 17.2 Å². The van der Waals surface area contributed by atoms with Gasteiger partial charge in [-0.3, -0.25) is 4.79 Å². The molecule has 38 heavy (non-hydrogen) atoms. The number of halogens is 2. The van der Waals surface area contributed by atoms with E-state index < -0.39 is 0 Å². The van der Waals surface area contributed by atoms with Gasteiger partial charge in [-0.1, -0.05) is 106 Å². The van der Waals surface area contributed by atoms with Crippen LogP contribution in [0.25, 0.3) is 16.3 Å². The number of carbonyl (C=O) groups is 1. The highest BCUT2D eigenvalue weighted by Gasteiger charge is 2.41. The first-order chi connectivity index (χ1) is 18.3. The number of rotatable bonds is 9. The molecule has 1 heterocycles. The summed E-state index contributed by atoms with van der Waals surface area (Å²) in [5, 5.41) is 7.06. The summed E-state index contributed by atoms with van der Waals surface area (Å²) in [6, 6.07) is 15.9. The molecule has 5 heteroatoms. The van der Waals surface area contributed by atoms with E-state index in [0.717, 1.165) is 52.6 Å². The van der Waals surface area contributed by atoms with E-state index in [1.807, 2.05) is 6.07 Å². The number of Topliss-reactive ketones (excluding diaryl/α,β-unsaturated/α-hetero) is 1. The van der Waals surface area contributed by atoms with Gasteiger partial charge in [-0.05, 0) is 52.8 Å². The zero-order valence-electron chi connectivity index (χ0n) is 22.6. The van der Waals surface area contributed by atoms with Gasteiger partial charge in [0.05, 0.1) is 17.7 Å². The minimum Gasteiger partial charge on any atom is -0.492 e. The van der Waals surface area contributed by atoms with Crippen LogP contribution in [0.5, 0.6) is 5.75 Å². The Balaban J connectivity index is 1.56. The standard InChI is InChI=1S/C33H37Cl2NO2/c1-4-5-6-7-8-11-16-38-32-24(17-22(34)18-26(32)35)31-30-25(19-33(2,3)20-28(30)37)29-23-13-10-9-12-21(23)14-15-27(29)36-31/h9-10,12-15,17-18,31,36H,4-8,11,16,19-20H2,1-3H3/t31-/m0/s1. The van der Waals surface area contributed by atoms with Gasteiger partial charge in [-0.25, -0.2) is 0 Å². The summed E-state index contributed by atoms with van der Waals surface area (Å²) in [4.78, 5) is 13.8. The Kier molecular flexibility index (Phi) is 8.07. The van der Waals surface area contributed by atoms with Crippen molar-refractivity contribution in [3.8, 4) is 5.75 Å². The lowest BCUT2D eigenvalue weighted by Crippen LogP contribution is -2.33. The van der Waals surface area contributed by atoms with Crippen molar-refractivity contribution in [2.45, 2.75) is 78.2 Å². The van der Waals surface area contributed by atoms with Crippen LogP contribution in [0.1, 0.15) is 89.3 Å². The zero-order chi connectivity index (χ0) is 26.9. The average Bonchev–Trinajstić information content (AvgIpc) is 2.87. The number of ether oxygens (including phenoxy) is 1. The lowest BCUT2D eigenvalue weighted by atomic mass is 9.68. The van der Waals surface area contributed by atoms with Crippen LogP contribution in [0.3, 0.4) is 0 Å². The summed E-state index contributed by atoms with van der Waals surface area (Å²) < 4.78 is 6.33. The number of fused-ring (bicyclic) bond motifs is 4. The van der Waals surface area contributed by atoms with E-state index in [2.05, 4.69) is 62.5 Å². The molecule has 0 bridgehead atoms. The number of nitrogens with one attached hydrogen (secondary N) is 1. The van der Waals surface area contributed by atoms with Gasteiger partial charge in [0.25, 0.3) is 0 Å². The van der Waals surface area contributed by atoms with Crippen molar-refractivity contribution in [3.05, 3.63) is 75.3 Å². The van der Waals surface area contributed by atoms with Crippen LogP contribution < -0.4 is 10.1 Å². The maximum Gasteiger partial charge on any atom is 0.162 e. The van der Waals surface area contributed by atoms with E-state index in [9.17, 15) is 4.79 Å². The first-order valence-electron chi connectivity index (χ1n) is 14.0. The topological polar surface area (TPSA) is 38.3 Å². The first kappa shape index (κ1) is 27.1. The molecular formula is C33H37Cl2NO2. The van der Waals surface area contributed by atoms with Crippen molar-refractivity contribution in [1.82, 2.24) is 0 Å². The highest BCUT2D eigenvalue weighted by Crippen LogP contribution is 2.53.